The fourth-order valence-corrected chi connectivity index (χ4v) is 3.76. The Balaban J connectivity index is 3.32. The molecular formula is C19H40O3S. The summed E-state index contributed by atoms with van der Waals surface area (Å²) in [5, 5.41) is 0. The molecule has 0 rings (SSSR count). The summed E-state index contributed by atoms with van der Waals surface area (Å²) in [5.41, 5.74) is 0. The van der Waals surface area contributed by atoms with Crippen LogP contribution in [0.2, 0.25) is 0 Å². The zero-order chi connectivity index (χ0) is 17.2. The topological polar surface area (TPSA) is 43.4 Å². The van der Waals surface area contributed by atoms with Crippen molar-refractivity contribution in [2.45, 2.75) is 110 Å². The lowest BCUT2D eigenvalue weighted by molar-refractivity contribution is 0.305. The van der Waals surface area contributed by atoms with Crippen molar-refractivity contribution < 1.29 is 12.6 Å². The Hall–Kier alpha value is -0.0900. The molecule has 0 unspecified atom stereocenters. The minimum atomic E-state index is -3.28. The summed E-state index contributed by atoms with van der Waals surface area (Å²) < 4.78 is 28.5. The van der Waals surface area contributed by atoms with Crippen LogP contribution in [-0.2, 0) is 14.3 Å². The zero-order valence-corrected chi connectivity index (χ0v) is 16.5. The van der Waals surface area contributed by atoms with Gasteiger partial charge in [-0.15, -0.1) is 0 Å². The molecule has 0 N–H and O–H groups in total. The van der Waals surface area contributed by atoms with Gasteiger partial charge < -0.3 is 0 Å². The zero-order valence-electron chi connectivity index (χ0n) is 15.7. The molecule has 0 aromatic rings. The van der Waals surface area contributed by atoms with Gasteiger partial charge in [0, 0.05) is 0 Å². The predicted molar refractivity (Wildman–Crippen MR) is 100 cm³/mol. The molecule has 0 heterocycles. The monoisotopic (exact) mass is 348 g/mol. The van der Waals surface area contributed by atoms with Gasteiger partial charge in [-0.2, -0.15) is 8.42 Å². The number of hydrogen-bond acceptors (Lipinski definition) is 3. The molecule has 0 aromatic heterocycles. The van der Waals surface area contributed by atoms with Gasteiger partial charge in [-0.1, -0.05) is 97.3 Å². The Labute approximate surface area is 145 Å². The maximum absolute atomic E-state index is 11.7. The van der Waals surface area contributed by atoms with Crippen molar-refractivity contribution in [2.75, 3.05) is 12.4 Å². The molecule has 23 heavy (non-hydrogen) atoms. The lowest BCUT2D eigenvalue weighted by Crippen LogP contribution is -2.11. The molecule has 4 heteroatoms. The largest absolute Gasteiger partial charge is 0.270 e. The van der Waals surface area contributed by atoms with Crippen molar-refractivity contribution in [3.63, 3.8) is 0 Å². The van der Waals surface area contributed by atoms with Crippen LogP contribution in [0, 0.1) is 0 Å². The van der Waals surface area contributed by atoms with Crippen LogP contribution in [0.3, 0.4) is 0 Å². The van der Waals surface area contributed by atoms with E-state index in [0.29, 0.717) is 6.61 Å². The van der Waals surface area contributed by atoms with E-state index in [9.17, 15) is 8.42 Å². The molecule has 0 aliphatic carbocycles. The molecule has 0 amide bonds. The summed E-state index contributed by atoms with van der Waals surface area (Å²) in [7, 11) is -3.28. The first-order valence-corrected chi connectivity index (χ1v) is 11.6. The van der Waals surface area contributed by atoms with Crippen LogP contribution in [-0.4, -0.2) is 20.8 Å². The van der Waals surface area contributed by atoms with Gasteiger partial charge in [-0.25, -0.2) is 0 Å². The number of hydrogen-bond donors (Lipinski definition) is 0. The summed E-state index contributed by atoms with van der Waals surface area (Å²) in [6, 6.07) is 0. The van der Waals surface area contributed by atoms with Gasteiger partial charge >= 0.3 is 0 Å². The second-order valence-electron chi connectivity index (χ2n) is 6.68. The second-order valence-corrected chi connectivity index (χ2v) is 8.44. The van der Waals surface area contributed by atoms with E-state index >= 15 is 0 Å². The van der Waals surface area contributed by atoms with Gasteiger partial charge in [0.1, 0.15) is 0 Å². The number of unbranched alkanes of at least 4 members (excludes halogenated alkanes) is 13. The van der Waals surface area contributed by atoms with Crippen molar-refractivity contribution in [2.24, 2.45) is 0 Å². The van der Waals surface area contributed by atoms with Crippen LogP contribution in [0.4, 0.5) is 0 Å². The van der Waals surface area contributed by atoms with Gasteiger partial charge in [0.05, 0.1) is 12.4 Å². The van der Waals surface area contributed by atoms with E-state index in [2.05, 4.69) is 13.8 Å². The molecule has 0 fully saturated rings. The fourth-order valence-electron chi connectivity index (χ4n) is 2.72. The van der Waals surface area contributed by atoms with E-state index in [1.54, 1.807) is 0 Å². The predicted octanol–water partition coefficient (Wildman–Crippen LogP) is 6.22. The Morgan fingerprint density at radius 1 is 0.565 bits per heavy atom. The van der Waals surface area contributed by atoms with Gasteiger partial charge in [0.2, 0.25) is 0 Å². The standard InChI is InChI=1S/C19H40O3S/c1-3-5-7-9-10-11-12-13-14-16-18-22-23(20,21)19-17-15-8-6-4-2/h3-19H2,1-2H3. The highest BCUT2D eigenvalue weighted by molar-refractivity contribution is 7.86. The quantitative estimate of drug-likeness (QED) is 0.218. The van der Waals surface area contributed by atoms with E-state index in [1.165, 1.54) is 64.2 Å². The average molecular weight is 349 g/mol. The van der Waals surface area contributed by atoms with Crippen LogP contribution in [0.5, 0.6) is 0 Å². The number of rotatable bonds is 18. The highest BCUT2D eigenvalue weighted by atomic mass is 32.2. The lowest BCUT2D eigenvalue weighted by Gasteiger charge is -2.06. The summed E-state index contributed by atoms with van der Waals surface area (Å²) in [4.78, 5) is 0. The third-order valence-corrected chi connectivity index (χ3v) is 5.57. The second kappa shape index (κ2) is 16.8. The van der Waals surface area contributed by atoms with Crippen LogP contribution >= 0.6 is 0 Å². The molecule has 0 bridgehead atoms. The van der Waals surface area contributed by atoms with Crippen molar-refractivity contribution in [3.05, 3.63) is 0 Å². The van der Waals surface area contributed by atoms with E-state index in [4.69, 9.17) is 4.18 Å². The molecular weight excluding hydrogens is 308 g/mol. The maximum atomic E-state index is 11.7. The van der Waals surface area contributed by atoms with Gasteiger partial charge in [-0.3, -0.25) is 4.18 Å². The summed E-state index contributed by atoms with van der Waals surface area (Å²) >= 11 is 0. The molecule has 0 saturated heterocycles. The highest BCUT2D eigenvalue weighted by Crippen LogP contribution is 2.11. The van der Waals surface area contributed by atoms with Gasteiger partial charge in [-0.05, 0) is 12.8 Å². The summed E-state index contributed by atoms with van der Waals surface area (Å²) in [6.07, 6.45) is 17.8. The van der Waals surface area contributed by atoms with Crippen LogP contribution < -0.4 is 0 Å². The van der Waals surface area contributed by atoms with Crippen LogP contribution in [0.25, 0.3) is 0 Å². The van der Waals surface area contributed by atoms with E-state index in [1.807, 2.05) is 0 Å². The highest BCUT2D eigenvalue weighted by Gasteiger charge is 2.10. The SMILES string of the molecule is CCCCCCCCCCCCOS(=O)(=O)CCCCCCC. The Bertz CT molecular complexity index is 326. The molecule has 0 radical (unpaired) electrons. The fraction of sp³-hybridized carbons (Fsp3) is 1.00. The molecule has 0 aromatic carbocycles. The van der Waals surface area contributed by atoms with Crippen molar-refractivity contribution >= 4 is 10.1 Å². The van der Waals surface area contributed by atoms with E-state index in [-0.39, 0.29) is 5.75 Å². The lowest BCUT2D eigenvalue weighted by atomic mass is 10.1. The maximum Gasteiger partial charge on any atom is 0.267 e. The summed E-state index contributed by atoms with van der Waals surface area (Å²) in [5.74, 6) is 0.189. The van der Waals surface area contributed by atoms with Gasteiger partial charge in [0.15, 0.2) is 0 Å². The van der Waals surface area contributed by atoms with Crippen molar-refractivity contribution in [1.82, 2.24) is 0 Å². The first-order valence-electron chi connectivity index (χ1n) is 9.99. The third kappa shape index (κ3) is 18.1. The van der Waals surface area contributed by atoms with Crippen molar-refractivity contribution in [1.29, 1.82) is 0 Å². The minimum absolute atomic E-state index is 0.189. The van der Waals surface area contributed by atoms with Crippen molar-refractivity contribution in [3.8, 4) is 0 Å². The smallest absolute Gasteiger partial charge is 0.267 e. The van der Waals surface area contributed by atoms with E-state index < -0.39 is 10.1 Å². The van der Waals surface area contributed by atoms with E-state index in [0.717, 1.165) is 32.1 Å². The molecule has 0 aliphatic rings. The summed E-state index contributed by atoms with van der Waals surface area (Å²) in [6.45, 7) is 4.77. The third-order valence-electron chi connectivity index (χ3n) is 4.26. The normalized spacial score (nSPS) is 11.9. The average Bonchev–Trinajstić information content (AvgIpc) is 2.52. The van der Waals surface area contributed by atoms with Gasteiger partial charge in [0.25, 0.3) is 10.1 Å². The molecule has 0 saturated carbocycles. The Morgan fingerprint density at radius 3 is 1.43 bits per heavy atom. The first-order chi connectivity index (χ1) is 11.1. The molecule has 0 spiro atoms. The molecule has 0 atom stereocenters. The Morgan fingerprint density at radius 2 is 0.957 bits per heavy atom. The Kier molecular flexibility index (Phi) is 16.7. The molecule has 140 valence electrons. The minimum Gasteiger partial charge on any atom is -0.270 e. The van der Waals surface area contributed by atoms with Crippen LogP contribution in [0.15, 0.2) is 0 Å². The molecule has 0 aliphatic heterocycles. The molecule has 3 nitrogen and oxygen atoms in total. The first kappa shape index (κ1) is 22.9. The van der Waals surface area contributed by atoms with Crippen LogP contribution in [0.1, 0.15) is 110 Å².